The number of rotatable bonds is 6. The van der Waals surface area contributed by atoms with E-state index in [2.05, 4.69) is 4.57 Å². The van der Waals surface area contributed by atoms with Crippen LogP contribution in [0.15, 0.2) is 35.9 Å². The van der Waals surface area contributed by atoms with Crippen LogP contribution in [0.2, 0.25) is 0 Å². The normalized spacial score (nSPS) is 12.0. The van der Waals surface area contributed by atoms with E-state index in [0.29, 0.717) is 12.1 Å². The third kappa shape index (κ3) is 4.22. The van der Waals surface area contributed by atoms with Gasteiger partial charge >= 0.3 is 5.97 Å². The number of fused-ring (bicyclic) bond motifs is 1. The SMILES string of the molecule is CC(C)=CC(=O)OCC(=O)c1cc(C)n(Cc2ccc3c(c2)OCO3)c1C. The highest BCUT2D eigenvalue weighted by Gasteiger charge is 2.18. The molecule has 0 fully saturated rings. The van der Waals surface area contributed by atoms with Crippen LogP contribution in [0.25, 0.3) is 0 Å². The summed E-state index contributed by atoms with van der Waals surface area (Å²) >= 11 is 0. The molecule has 3 rings (SSSR count). The van der Waals surface area contributed by atoms with Gasteiger partial charge in [-0.05, 0) is 51.5 Å². The number of hydrogen-bond donors (Lipinski definition) is 0. The van der Waals surface area contributed by atoms with Crippen LogP contribution in [0.3, 0.4) is 0 Å². The number of allylic oxidation sites excluding steroid dienone is 1. The number of ether oxygens (including phenoxy) is 3. The lowest BCUT2D eigenvalue weighted by Gasteiger charge is -2.10. The molecule has 0 unspecified atom stereocenters. The number of benzene rings is 1. The second-order valence-corrected chi connectivity index (χ2v) is 6.81. The number of esters is 1. The monoisotopic (exact) mass is 369 g/mol. The Morgan fingerprint density at radius 1 is 1.15 bits per heavy atom. The van der Waals surface area contributed by atoms with Crippen molar-refractivity contribution in [3.8, 4) is 11.5 Å². The molecule has 142 valence electrons. The Morgan fingerprint density at radius 2 is 1.89 bits per heavy atom. The van der Waals surface area contributed by atoms with E-state index in [0.717, 1.165) is 34.0 Å². The van der Waals surface area contributed by atoms with Gasteiger partial charge in [-0.3, -0.25) is 4.79 Å². The predicted octanol–water partition coefficient (Wildman–Crippen LogP) is 3.57. The Morgan fingerprint density at radius 3 is 2.63 bits per heavy atom. The smallest absolute Gasteiger partial charge is 0.331 e. The maximum absolute atomic E-state index is 12.5. The molecular formula is C21H23NO5. The van der Waals surface area contributed by atoms with Crippen molar-refractivity contribution in [3.63, 3.8) is 0 Å². The lowest BCUT2D eigenvalue weighted by atomic mass is 10.1. The molecule has 1 aliphatic rings. The predicted molar refractivity (Wildman–Crippen MR) is 100 cm³/mol. The number of hydrogen-bond acceptors (Lipinski definition) is 5. The van der Waals surface area contributed by atoms with Gasteiger partial charge in [-0.1, -0.05) is 11.6 Å². The first-order valence-electron chi connectivity index (χ1n) is 8.75. The maximum atomic E-state index is 12.5. The van der Waals surface area contributed by atoms with Gasteiger partial charge in [0.15, 0.2) is 18.1 Å². The summed E-state index contributed by atoms with van der Waals surface area (Å²) in [6, 6.07) is 7.65. The molecule has 27 heavy (non-hydrogen) atoms. The van der Waals surface area contributed by atoms with Crippen LogP contribution in [0.5, 0.6) is 11.5 Å². The van der Waals surface area contributed by atoms with Crippen molar-refractivity contribution in [1.29, 1.82) is 0 Å². The third-order valence-electron chi connectivity index (χ3n) is 4.40. The molecule has 0 saturated heterocycles. The molecule has 2 heterocycles. The van der Waals surface area contributed by atoms with E-state index in [1.54, 1.807) is 13.8 Å². The molecule has 1 aromatic carbocycles. The van der Waals surface area contributed by atoms with E-state index < -0.39 is 5.97 Å². The van der Waals surface area contributed by atoms with Crippen molar-refractivity contribution >= 4 is 11.8 Å². The van der Waals surface area contributed by atoms with E-state index in [-0.39, 0.29) is 19.2 Å². The number of carbonyl (C=O) groups is 2. The van der Waals surface area contributed by atoms with Crippen LogP contribution < -0.4 is 9.47 Å². The largest absolute Gasteiger partial charge is 0.454 e. The van der Waals surface area contributed by atoms with Crippen molar-refractivity contribution in [2.24, 2.45) is 0 Å². The van der Waals surface area contributed by atoms with Crippen molar-refractivity contribution in [2.45, 2.75) is 34.2 Å². The average Bonchev–Trinajstić information content (AvgIpc) is 3.18. The minimum atomic E-state index is -0.502. The summed E-state index contributed by atoms with van der Waals surface area (Å²) in [5.74, 6) is 0.763. The van der Waals surface area contributed by atoms with Crippen molar-refractivity contribution in [3.05, 3.63) is 58.4 Å². The zero-order valence-corrected chi connectivity index (χ0v) is 16.0. The zero-order chi connectivity index (χ0) is 19.6. The van der Waals surface area contributed by atoms with Gasteiger partial charge in [0, 0.05) is 29.6 Å². The fourth-order valence-corrected chi connectivity index (χ4v) is 3.04. The van der Waals surface area contributed by atoms with Gasteiger partial charge in [0.2, 0.25) is 12.6 Å². The lowest BCUT2D eigenvalue weighted by Crippen LogP contribution is -2.14. The van der Waals surface area contributed by atoms with Crippen LogP contribution >= 0.6 is 0 Å². The first-order chi connectivity index (χ1) is 12.8. The highest BCUT2D eigenvalue weighted by atomic mass is 16.7. The molecule has 2 aromatic rings. The highest BCUT2D eigenvalue weighted by Crippen LogP contribution is 2.33. The summed E-state index contributed by atoms with van der Waals surface area (Å²) in [7, 11) is 0. The summed E-state index contributed by atoms with van der Waals surface area (Å²) in [5, 5.41) is 0. The molecule has 0 amide bonds. The molecule has 0 aliphatic carbocycles. The average molecular weight is 369 g/mol. The minimum absolute atomic E-state index is 0.212. The molecule has 6 heteroatoms. The summed E-state index contributed by atoms with van der Waals surface area (Å²) in [5.41, 5.74) is 4.25. The molecule has 0 radical (unpaired) electrons. The molecule has 0 saturated carbocycles. The van der Waals surface area contributed by atoms with Crippen LogP contribution in [0.1, 0.15) is 41.2 Å². The quantitative estimate of drug-likeness (QED) is 0.442. The topological polar surface area (TPSA) is 66.8 Å². The van der Waals surface area contributed by atoms with Crippen LogP contribution in [0, 0.1) is 13.8 Å². The molecular weight excluding hydrogens is 346 g/mol. The van der Waals surface area contributed by atoms with Crippen LogP contribution in [0.4, 0.5) is 0 Å². The minimum Gasteiger partial charge on any atom is -0.454 e. The van der Waals surface area contributed by atoms with E-state index in [4.69, 9.17) is 14.2 Å². The van der Waals surface area contributed by atoms with E-state index in [1.807, 2.05) is 38.1 Å². The molecule has 0 bridgehead atoms. The Hall–Kier alpha value is -3.02. The number of nitrogens with zero attached hydrogens (tertiary/aromatic N) is 1. The molecule has 0 N–H and O–H groups in total. The summed E-state index contributed by atoms with van der Waals surface area (Å²) in [6.45, 7) is 8.03. The Bertz CT molecular complexity index is 919. The number of Topliss-reactive ketones (excluding diaryl/α,β-unsaturated/α-hetero) is 1. The first-order valence-corrected chi connectivity index (χ1v) is 8.75. The second-order valence-electron chi connectivity index (χ2n) is 6.81. The summed E-state index contributed by atoms with van der Waals surface area (Å²) in [6.07, 6.45) is 1.37. The number of ketones is 1. The van der Waals surface area contributed by atoms with Crippen molar-refractivity contribution < 1.29 is 23.8 Å². The Kier molecular flexibility index (Phi) is 5.35. The second kappa shape index (κ2) is 7.70. The van der Waals surface area contributed by atoms with Gasteiger partial charge in [-0.15, -0.1) is 0 Å². The van der Waals surface area contributed by atoms with E-state index in [9.17, 15) is 9.59 Å². The van der Waals surface area contributed by atoms with Crippen LogP contribution in [-0.2, 0) is 16.1 Å². The fourth-order valence-electron chi connectivity index (χ4n) is 3.04. The van der Waals surface area contributed by atoms with Crippen LogP contribution in [-0.4, -0.2) is 29.7 Å². The first kappa shape index (κ1) is 18.8. The van der Waals surface area contributed by atoms with Gasteiger partial charge < -0.3 is 18.8 Å². The third-order valence-corrected chi connectivity index (χ3v) is 4.40. The van der Waals surface area contributed by atoms with Crippen molar-refractivity contribution in [1.82, 2.24) is 4.57 Å². The number of aromatic nitrogens is 1. The molecule has 1 aromatic heterocycles. The zero-order valence-electron chi connectivity index (χ0n) is 16.0. The number of aryl methyl sites for hydroxylation is 1. The fraction of sp³-hybridized carbons (Fsp3) is 0.333. The van der Waals surface area contributed by atoms with Gasteiger partial charge in [-0.25, -0.2) is 4.79 Å². The standard InChI is InChI=1S/C21H23NO5/c1-13(2)7-21(24)25-11-18(23)17-8-14(3)22(15(17)4)10-16-5-6-19-20(9-16)27-12-26-19/h5-9H,10-12H2,1-4H3. The van der Waals surface area contributed by atoms with Gasteiger partial charge in [0.1, 0.15) is 0 Å². The Labute approximate surface area is 158 Å². The van der Waals surface area contributed by atoms with Gasteiger partial charge in [-0.2, -0.15) is 0 Å². The van der Waals surface area contributed by atoms with E-state index >= 15 is 0 Å². The summed E-state index contributed by atoms with van der Waals surface area (Å²) < 4.78 is 17.9. The highest BCUT2D eigenvalue weighted by molar-refractivity contribution is 5.99. The summed E-state index contributed by atoms with van der Waals surface area (Å²) in [4.78, 5) is 24.1. The Balaban J connectivity index is 1.73. The molecule has 0 spiro atoms. The molecule has 1 aliphatic heterocycles. The molecule has 0 atom stereocenters. The lowest BCUT2D eigenvalue weighted by molar-refractivity contribution is -0.136. The molecule has 6 nitrogen and oxygen atoms in total. The maximum Gasteiger partial charge on any atom is 0.331 e. The van der Waals surface area contributed by atoms with Gasteiger partial charge in [0.05, 0.1) is 0 Å². The van der Waals surface area contributed by atoms with E-state index in [1.165, 1.54) is 6.08 Å². The van der Waals surface area contributed by atoms with Gasteiger partial charge in [0.25, 0.3) is 0 Å². The van der Waals surface area contributed by atoms with Crippen molar-refractivity contribution in [2.75, 3.05) is 13.4 Å². The number of carbonyl (C=O) groups excluding carboxylic acids is 2.